The fourth-order valence-electron chi connectivity index (χ4n) is 2.13. The SMILES string of the molecule is CC(C)CN(CC(C)C)c1ncccc1C(C)O. The Balaban J connectivity index is 3.03. The van der Waals surface area contributed by atoms with Crippen LogP contribution >= 0.6 is 0 Å². The molecular formula is C15H26N2O. The molecule has 0 radical (unpaired) electrons. The van der Waals surface area contributed by atoms with E-state index < -0.39 is 6.10 Å². The smallest absolute Gasteiger partial charge is 0.134 e. The second-order valence-corrected chi connectivity index (χ2v) is 5.78. The Morgan fingerprint density at radius 2 is 1.67 bits per heavy atom. The number of pyridine rings is 1. The van der Waals surface area contributed by atoms with Crippen molar-refractivity contribution < 1.29 is 5.11 Å². The van der Waals surface area contributed by atoms with Crippen molar-refractivity contribution in [3.63, 3.8) is 0 Å². The molecule has 0 aromatic carbocycles. The Morgan fingerprint density at radius 3 is 2.11 bits per heavy atom. The van der Waals surface area contributed by atoms with E-state index in [0.717, 1.165) is 24.5 Å². The van der Waals surface area contributed by atoms with Crippen LogP contribution in [0.1, 0.15) is 46.3 Å². The molecule has 18 heavy (non-hydrogen) atoms. The average molecular weight is 250 g/mol. The minimum absolute atomic E-state index is 0.476. The molecule has 0 saturated heterocycles. The van der Waals surface area contributed by atoms with E-state index in [4.69, 9.17) is 0 Å². The zero-order valence-electron chi connectivity index (χ0n) is 12.2. The lowest BCUT2D eigenvalue weighted by Crippen LogP contribution is -2.33. The minimum Gasteiger partial charge on any atom is -0.389 e. The highest BCUT2D eigenvalue weighted by Crippen LogP contribution is 2.25. The molecule has 1 rings (SSSR count). The molecule has 1 unspecified atom stereocenters. The zero-order valence-corrected chi connectivity index (χ0v) is 12.2. The van der Waals surface area contributed by atoms with Crippen LogP contribution in [0.5, 0.6) is 0 Å². The van der Waals surface area contributed by atoms with Crippen LogP contribution in [0, 0.1) is 11.8 Å². The van der Waals surface area contributed by atoms with Crippen LogP contribution in [0.2, 0.25) is 0 Å². The summed E-state index contributed by atoms with van der Waals surface area (Å²) in [6.45, 7) is 12.6. The summed E-state index contributed by atoms with van der Waals surface area (Å²) in [6.07, 6.45) is 1.32. The fraction of sp³-hybridized carbons (Fsp3) is 0.667. The van der Waals surface area contributed by atoms with Crippen molar-refractivity contribution in [1.29, 1.82) is 0 Å². The van der Waals surface area contributed by atoms with Crippen molar-refractivity contribution >= 4 is 5.82 Å². The third kappa shape index (κ3) is 4.30. The third-order valence-corrected chi connectivity index (χ3v) is 2.74. The summed E-state index contributed by atoms with van der Waals surface area (Å²) in [7, 11) is 0. The summed E-state index contributed by atoms with van der Waals surface area (Å²) in [5.74, 6) is 2.08. The molecule has 1 aromatic rings. The highest BCUT2D eigenvalue weighted by atomic mass is 16.3. The number of hydrogen-bond acceptors (Lipinski definition) is 3. The number of aliphatic hydroxyl groups excluding tert-OH is 1. The van der Waals surface area contributed by atoms with Gasteiger partial charge in [0.1, 0.15) is 5.82 Å². The lowest BCUT2D eigenvalue weighted by molar-refractivity contribution is 0.199. The molecule has 0 fully saturated rings. The molecule has 3 nitrogen and oxygen atoms in total. The molecule has 102 valence electrons. The standard InChI is InChI=1S/C15H26N2O/c1-11(2)9-17(10-12(3)4)15-14(13(5)18)7-6-8-16-15/h6-8,11-13,18H,9-10H2,1-5H3. The Hall–Kier alpha value is -1.09. The summed E-state index contributed by atoms with van der Waals surface area (Å²) in [4.78, 5) is 6.76. The number of hydrogen-bond donors (Lipinski definition) is 1. The van der Waals surface area contributed by atoms with Gasteiger partial charge in [-0.3, -0.25) is 0 Å². The van der Waals surface area contributed by atoms with Crippen molar-refractivity contribution in [1.82, 2.24) is 4.98 Å². The van der Waals surface area contributed by atoms with Crippen molar-refractivity contribution in [3.05, 3.63) is 23.9 Å². The van der Waals surface area contributed by atoms with E-state index in [9.17, 15) is 5.11 Å². The summed E-state index contributed by atoms with van der Waals surface area (Å²) < 4.78 is 0. The van der Waals surface area contributed by atoms with Crippen molar-refractivity contribution in [3.8, 4) is 0 Å². The molecule has 0 bridgehead atoms. The normalized spacial score (nSPS) is 13.1. The Kier molecular flexibility index (Phi) is 5.60. The number of aromatic nitrogens is 1. The summed E-state index contributed by atoms with van der Waals surface area (Å²) >= 11 is 0. The van der Waals surface area contributed by atoms with Crippen molar-refractivity contribution in [2.45, 2.75) is 40.7 Å². The predicted molar refractivity (Wildman–Crippen MR) is 76.8 cm³/mol. The van der Waals surface area contributed by atoms with E-state index in [0.29, 0.717) is 11.8 Å². The molecule has 0 amide bonds. The number of nitrogens with zero attached hydrogens (tertiary/aromatic N) is 2. The maximum absolute atomic E-state index is 9.86. The first kappa shape index (κ1) is 15.0. The average Bonchev–Trinajstić information content (AvgIpc) is 2.26. The Morgan fingerprint density at radius 1 is 1.11 bits per heavy atom. The molecule has 1 atom stereocenters. The van der Waals surface area contributed by atoms with Gasteiger partial charge in [-0.1, -0.05) is 33.8 Å². The number of anilines is 1. The zero-order chi connectivity index (χ0) is 13.7. The van der Waals surface area contributed by atoms with Gasteiger partial charge in [0.15, 0.2) is 0 Å². The largest absolute Gasteiger partial charge is 0.389 e. The van der Waals surface area contributed by atoms with Gasteiger partial charge in [0.2, 0.25) is 0 Å². The molecule has 0 aliphatic carbocycles. The van der Waals surface area contributed by atoms with E-state index in [1.54, 1.807) is 13.1 Å². The molecule has 0 spiro atoms. The van der Waals surface area contributed by atoms with Gasteiger partial charge in [0, 0.05) is 24.8 Å². The van der Waals surface area contributed by atoms with Crippen LogP contribution in [0.4, 0.5) is 5.82 Å². The van der Waals surface area contributed by atoms with Crippen LogP contribution in [-0.4, -0.2) is 23.2 Å². The summed E-state index contributed by atoms with van der Waals surface area (Å²) in [5.41, 5.74) is 0.916. The quantitative estimate of drug-likeness (QED) is 0.842. The fourth-order valence-corrected chi connectivity index (χ4v) is 2.13. The first-order valence-corrected chi connectivity index (χ1v) is 6.79. The van der Waals surface area contributed by atoms with Crippen LogP contribution in [-0.2, 0) is 0 Å². The van der Waals surface area contributed by atoms with Crippen LogP contribution in [0.25, 0.3) is 0 Å². The van der Waals surface area contributed by atoms with Gasteiger partial charge in [-0.05, 0) is 24.8 Å². The van der Waals surface area contributed by atoms with Gasteiger partial charge >= 0.3 is 0 Å². The molecule has 0 saturated carbocycles. The lowest BCUT2D eigenvalue weighted by atomic mass is 10.1. The minimum atomic E-state index is -0.476. The van der Waals surface area contributed by atoms with E-state index in [1.807, 2.05) is 12.1 Å². The monoisotopic (exact) mass is 250 g/mol. The van der Waals surface area contributed by atoms with E-state index in [-0.39, 0.29) is 0 Å². The summed E-state index contributed by atoms with van der Waals surface area (Å²) in [6, 6.07) is 3.84. The first-order valence-electron chi connectivity index (χ1n) is 6.79. The lowest BCUT2D eigenvalue weighted by Gasteiger charge is -2.29. The van der Waals surface area contributed by atoms with Gasteiger partial charge in [-0.15, -0.1) is 0 Å². The van der Waals surface area contributed by atoms with E-state index >= 15 is 0 Å². The Labute approximate surface area is 111 Å². The number of aliphatic hydroxyl groups is 1. The van der Waals surface area contributed by atoms with Crippen LogP contribution < -0.4 is 4.90 Å². The van der Waals surface area contributed by atoms with Gasteiger partial charge in [-0.2, -0.15) is 0 Å². The van der Waals surface area contributed by atoms with Gasteiger partial charge in [0.25, 0.3) is 0 Å². The predicted octanol–water partition coefficient (Wildman–Crippen LogP) is 3.25. The topological polar surface area (TPSA) is 36.4 Å². The number of rotatable bonds is 6. The Bertz CT molecular complexity index is 351. The second-order valence-electron chi connectivity index (χ2n) is 5.78. The summed E-state index contributed by atoms with van der Waals surface area (Å²) in [5, 5.41) is 9.86. The van der Waals surface area contributed by atoms with Crippen molar-refractivity contribution in [2.24, 2.45) is 11.8 Å². The molecule has 0 aliphatic heterocycles. The van der Waals surface area contributed by atoms with Gasteiger partial charge in [-0.25, -0.2) is 4.98 Å². The van der Waals surface area contributed by atoms with E-state index in [1.165, 1.54) is 0 Å². The van der Waals surface area contributed by atoms with Gasteiger partial charge in [0.05, 0.1) is 6.10 Å². The first-order chi connectivity index (χ1) is 8.41. The van der Waals surface area contributed by atoms with Crippen LogP contribution in [0.15, 0.2) is 18.3 Å². The molecule has 1 aromatic heterocycles. The molecule has 1 heterocycles. The molecule has 3 heteroatoms. The maximum Gasteiger partial charge on any atom is 0.134 e. The highest BCUT2D eigenvalue weighted by Gasteiger charge is 2.17. The van der Waals surface area contributed by atoms with Crippen LogP contribution in [0.3, 0.4) is 0 Å². The molecule has 0 aliphatic rings. The molecular weight excluding hydrogens is 224 g/mol. The maximum atomic E-state index is 9.86. The highest BCUT2D eigenvalue weighted by molar-refractivity contribution is 5.47. The van der Waals surface area contributed by atoms with E-state index in [2.05, 4.69) is 37.6 Å². The molecule has 1 N–H and O–H groups in total. The third-order valence-electron chi connectivity index (χ3n) is 2.74. The van der Waals surface area contributed by atoms with Crippen molar-refractivity contribution in [2.75, 3.05) is 18.0 Å². The van der Waals surface area contributed by atoms with Gasteiger partial charge < -0.3 is 10.0 Å². The second kappa shape index (κ2) is 6.74.